The van der Waals surface area contributed by atoms with Crippen molar-refractivity contribution in [1.29, 1.82) is 0 Å². The highest BCUT2D eigenvalue weighted by Gasteiger charge is 2.42. The highest BCUT2D eigenvalue weighted by Crippen LogP contribution is 2.36. The molecule has 1 N–H and O–H groups in total. The maximum absolute atomic E-state index is 13.1. The van der Waals surface area contributed by atoms with E-state index in [2.05, 4.69) is 24.1 Å². The first kappa shape index (κ1) is 24.1. The Morgan fingerprint density at radius 2 is 1.74 bits per heavy atom. The Morgan fingerprint density at radius 1 is 1.06 bits per heavy atom. The Labute approximate surface area is 188 Å². The number of amides is 1. The van der Waals surface area contributed by atoms with E-state index in [1.165, 1.54) is 38.8 Å². The lowest BCUT2D eigenvalue weighted by atomic mass is 9.78. The van der Waals surface area contributed by atoms with Crippen molar-refractivity contribution in [2.45, 2.75) is 83.7 Å². The molecule has 2 fully saturated rings. The van der Waals surface area contributed by atoms with Crippen LogP contribution in [0.15, 0.2) is 24.3 Å². The van der Waals surface area contributed by atoms with Crippen molar-refractivity contribution < 1.29 is 14.3 Å². The summed E-state index contributed by atoms with van der Waals surface area (Å²) in [6, 6.07) is 7.76. The fourth-order valence-electron chi connectivity index (χ4n) is 4.68. The zero-order valence-corrected chi connectivity index (χ0v) is 19.7. The van der Waals surface area contributed by atoms with Gasteiger partial charge in [0.25, 0.3) is 5.91 Å². The number of benzene rings is 1. The summed E-state index contributed by atoms with van der Waals surface area (Å²) in [4.78, 5) is 15.7. The molecule has 1 saturated heterocycles. The van der Waals surface area contributed by atoms with E-state index in [0.717, 1.165) is 63.1 Å². The standard InChI is InChI=1S/C26H42N2O3/c1-3-20-31-26(15-13-22(2)14-16-26)25(29)27-23-9-11-24(12-10-23)30-21-8-19-28-17-6-4-5-7-18-28/h9-12,22H,3-8,13-21H2,1-2H3,(H,27,29). The van der Waals surface area contributed by atoms with Crippen LogP contribution in [0.1, 0.15) is 78.1 Å². The molecule has 0 unspecified atom stereocenters. The van der Waals surface area contributed by atoms with Gasteiger partial charge in [0, 0.05) is 18.8 Å². The minimum atomic E-state index is -0.676. The molecule has 2 aliphatic rings. The molecule has 1 aliphatic heterocycles. The molecule has 31 heavy (non-hydrogen) atoms. The summed E-state index contributed by atoms with van der Waals surface area (Å²) in [6.45, 7) is 9.29. The summed E-state index contributed by atoms with van der Waals surface area (Å²) in [5.41, 5.74) is 0.130. The van der Waals surface area contributed by atoms with Gasteiger partial charge in [-0.2, -0.15) is 0 Å². The lowest BCUT2D eigenvalue weighted by molar-refractivity contribution is -0.147. The predicted octanol–water partition coefficient (Wildman–Crippen LogP) is 5.65. The van der Waals surface area contributed by atoms with E-state index in [1.54, 1.807) is 0 Å². The zero-order valence-electron chi connectivity index (χ0n) is 19.7. The van der Waals surface area contributed by atoms with E-state index in [9.17, 15) is 4.79 Å². The molecular formula is C26H42N2O3. The van der Waals surface area contributed by atoms with Gasteiger partial charge < -0.3 is 19.7 Å². The van der Waals surface area contributed by atoms with Gasteiger partial charge in [-0.3, -0.25) is 4.79 Å². The van der Waals surface area contributed by atoms with Crippen LogP contribution in [0.3, 0.4) is 0 Å². The largest absolute Gasteiger partial charge is 0.494 e. The first-order valence-electron chi connectivity index (χ1n) is 12.5. The molecule has 1 amide bonds. The lowest BCUT2D eigenvalue weighted by Crippen LogP contribution is -2.48. The molecule has 0 bridgehead atoms. The van der Waals surface area contributed by atoms with Crippen LogP contribution < -0.4 is 10.1 Å². The summed E-state index contributed by atoms with van der Waals surface area (Å²) in [5, 5.41) is 3.09. The number of carbonyl (C=O) groups excluding carboxylic acids is 1. The van der Waals surface area contributed by atoms with Crippen molar-refractivity contribution in [2.75, 3.05) is 38.2 Å². The first-order valence-corrected chi connectivity index (χ1v) is 12.5. The molecule has 1 heterocycles. The maximum Gasteiger partial charge on any atom is 0.256 e. The van der Waals surface area contributed by atoms with Crippen LogP contribution in [-0.4, -0.2) is 49.3 Å². The van der Waals surface area contributed by atoms with Crippen LogP contribution >= 0.6 is 0 Å². The van der Waals surface area contributed by atoms with Gasteiger partial charge in [-0.1, -0.05) is 26.7 Å². The fourth-order valence-corrected chi connectivity index (χ4v) is 4.68. The monoisotopic (exact) mass is 430 g/mol. The Kier molecular flexibility index (Phi) is 9.66. The van der Waals surface area contributed by atoms with Gasteiger partial charge in [0.05, 0.1) is 6.61 Å². The van der Waals surface area contributed by atoms with E-state index in [4.69, 9.17) is 9.47 Å². The number of carbonyl (C=O) groups is 1. The van der Waals surface area contributed by atoms with Crippen molar-refractivity contribution in [3.8, 4) is 5.75 Å². The van der Waals surface area contributed by atoms with Crippen molar-refractivity contribution in [1.82, 2.24) is 4.90 Å². The Balaban J connectivity index is 1.44. The van der Waals surface area contributed by atoms with E-state index < -0.39 is 5.60 Å². The van der Waals surface area contributed by atoms with Crippen LogP contribution in [-0.2, 0) is 9.53 Å². The van der Waals surface area contributed by atoms with E-state index in [-0.39, 0.29) is 5.91 Å². The van der Waals surface area contributed by atoms with Gasteiger partial charge in [-0.15, -0.1) is 0 Å². The van der Waals surface area contributed by atoms with Crippen LogP contribution in [0.5, 0.6) is 5.75 Å². The predicted molar refractivity (Wildman–Crippen MR) is 127 cm³/mol. The molecule has 5 nitrogen and oxygen atoms in total. The van der Waals surface area contributed by atoms with Crippen LogP contribution in [0.4, 0.5) is 5.69 Å². The average Bonchev–Trinajstić information content (AvgIpc) is 3.06. The summed E-state index contributed by atoms with van der Waals surface area (Å²) >= 11 is 0. The van der Waals surface area contributed by atoms with Crippen molar-refractivity contribution >= 4 is 11.6 Å². The number of likely N-dealkylation sites (tertiary alicyclic amines) is 1. The first-order chi connectivity index (χ1) is 15.1. The van der Waals surface area contributed by atoms with Crippen molar-refractivity contribution in [2.24, 2.45) is 5.92 Å². The molecule has 5 heteroatoms. The van der Waals surface area contributed by atoms with Gasteiger partial charge >= 0.3 is 0 Å². The highest BCUT2D eigenvalue weighted by atomic mass is 16.5. The number of nitrogens with zero attached hydrogens (tertiary/aromatic N) is 1. The molecular weight excluding hydrogens is 388 g/mol. The molecule has 0 atom stereocenters. The van der Waals surface area contributed by atoms with Gasteiger partial charge in [-0.05, 0) is 94.6 Å². The molecule has 1 saturated carbocycles. The third-order valence-corrected chi connectivity index (χ3v) is 6.78. The minimum absolute atomic E-state index is 0.000955. The van der Waals surface area contributed by atoms with Crippen molar-refractivity contribution in [3.05, 3.63) is 24.3 Å². The van der Waals surface area contributed by atoms with Gasteiger partial charge in [0.1, 0.15) is 11.4 Å². The SMILES string of the molecule is CCCOC1(C(=O)Nc2ccc(OCCCN3CCCCCC3)cc2)CCC(C)CC1. The molecule has 1 aromatic carbocycles. The number of hydrogen-bond acceptors (Lipinski definition) is 4. The second kappa shape index (κ2) is 12.4. The van der Waals surface area contributed by atoms with E-state index in [1.807, 2.05) is 24.3 Å². The normalized spacial score (nSPS) is 25.0. The highest BCUT2D eigenvalue weighted by molar-refractivity contribution is 5.97. The lowest BCUT2D eigenvalue weighted by Gasteiger charge is -2.38. The van der Waals surface area contributed by atoms with E-state index >= 15 is 0 Å². The molecule has 1 aromatic rings. The molecule has 174 valence electrons. The number of nitrogens with one attached hydrogen (secondary N) is 1. The number of anilines is 1. The second-order valence-electron chi connectivity index (χ2n) is 9.46. The second-order valence-corrected chi connectivity index (χ2v) is 9.46. The number of rotatable bonds is 10. The Morgan fingerprint density at radius 3 is 2.39 bits per heavy atom. The van der Waals surface area contributed by atoms with Crippen LogP contribution in [0.25, 0.3) is 0 Å². The third kappa shape index (κ3) is 7.50. The topological polar surface area (TPSA) is 50.8 Å². The van der Waals surface area contributed by atoms with E-state index in [0.29, 0.717) is 12.5 Å². The number of ether oxygens (including phenoxy) is 2. The Hall–Kier alpha value is -1.59. The van der Waals surface area contributed by atoms with Crippen LogP contribution in [0, 0.1) is 5.92 Å². The summed E-state index contributed by atoms with van der Waals surface area (Å²) in [6.07, 6.45) is 11.1. The summed E-state index contributed by atoms with van der Waals surface area (Å²) < 4.78 is 12.0. The Bertz CT molecular complexity index is 640. The summed E-state index contributed by atoms with van der Waals surface area (Å²) in [5.74, 6) is 1.53. The quantitative estimate of drug-likeness (QED) is 0.488. The average molecular weight is 431 g/mol. The van der Waals surface area contributed by atoms with Crippen LogP contribution in [0.2, 0.25) is 0 Å². The summed E-state index contributed by atoms with van der Waals surface area (Å²) in [7, 11) is 0. The van der Waals surface area contributed by atoms with Gasteiger partial charge in [0.2, 0.25) is 0 Å². The molecule has 3 rings (SSSR count). The fraction of sp³-hybridized carbons (Fsp3) is 0.731. The maximum atomic E-state index is 13.1. The van der Waals surface area contributed by atoms with Crippen molar-refractivity contribution in [3.63, 3.8) is 0 Å². The molecule has 1 aliphatic carbocycles. The molecule has 0 radical (unpaired) electrons. The zero-order chi connectivity index (χ0) is 21.9. The smallest absolute Gasteiger partial charge is 0.256 e. The molecule has 0 aromatic heterocycles. The minimum Gasteiger partial charge on any atom is -0.494 e. The van der Waals surface area contributed by atoms with Gasteiger partial charge in [-0.25, -0.2) is 0 Å². The van der Waals surface area contributed by atoms with Gasteiger partial charge in [0.15, 0.2) is 0 Å². The molecule has 0 spiro atoms. The number of hydrogen-bond donors (Lipinski definition) is 1. The third-order valence-electron chi connectivity index (χ3n) is 6.78.